The number of halogens is 7. The van der Waals surface area contributed by atoms with Crippen molar-refractivity contribution >= 4 is 22.6 Å². The first kappa shape index (κ1) is 11.4. The van der Waals surface area contributed by atoms with Gasteiger partial charge in [-0.05, 0) is 6.42 Å². The van der Waals surface area contributed by atoms with Crippen LogP contribution >= 0.6 is 22.6 Å². The highest BCUT2D eigenvalue weighted by Crippen LogP contribution is 2.73. The summed E-state index contributed by atoms with van der Waals surface area (Å²) in [6.45, 7) is 0. The summed E-state index contributed by atoms with van der Waals surface area (Å²) in [5, 5.41) is 0. The Bertz CT molecular complexity index is 335. The van der Waals surface area contributed by atoms with Crippen LogP contribution in [0, 0.1) is 5.92 Å². The molecule has 0 radical (unpaired) electrons. The van der Waals surface area contributed by atoms with Crippen LogP contribution in [-0.4, -0.2) is 38.8 Å². The predicted octanol–water partition coefficient (Wildman–Crippen LogP) is 2.74. The maximum atomic E-state index is 12.9. The number of hydrogen-bond acceptors (Lipinski definition) is 1. The zero-order valence-corrected chi connectivity index (χ0v) is 9.77. The first-order valence-corrected chi connectivity index (χ1v) is 5.94. The average molecular weight is 357 g/mol. The molecule has 1 nitrogen and oxygen atoms in total. The van der Waals surface area contributed by atoms with Crippen LogP contribution in [0.2, 0.25) is 0 Å². The number of rotatable bonds is 0. The monoisotopic (exact) mass is 357 g/mol. The van der Waals surface area contributed by atoms with Gasteiger partial charge in [0.05, 0.1) is 0 Å². The van der Waals surface area contributed by atoms with E-state index in [2.05, 4.69) is 0 Å². The van der Waals surface area contributed by atoms with Crippen LogP contribution in [0.4, 0.5) is 26.3 Å². The largest absolute Gasteiger partial charge is 0.416 e. The van der Waals surface area contributed by atoms with Crippen LogP contribution in [0.25, 0.3) is 0 Å². The molecule has 0 spiro atoms. The van der Waals surface area contributed by atoms with Gasteiger partial charge in [0.1, 0.15) is 0 Å². The lowest BCUT2D eigenvalue weighted by molar-refractivity contribution is -0.327. The molecule has 16 heavy (non-hydrogen) atoms. The summed E-state index contributed by atoms with van der Waals surface area (Å²) >= 11 is 1.73. The number of alkyl halides is 7. The molecule has 5 atom stereocenters. The molecule has 4 bridgehead atoms. The molecular formula is C8H6F6IN. The highest BCUT2D eigenvalue weighted by atomic mass is 127. The van der Waals surface area contributed by atoms with Gasteiger partial charge in [0.2, 0.25) is 5.54 Å². The first-order valence-electron chi connectivity index (χ1n) is 4.70. The van der Waals surface area contributed by atoms with E-state index in [1.807, 2.05) is 0 Å². The Morgan fingerprint density at radius 1 is 1.06 bits per heavy atom. The smallest absolute Gasteiger partial charge is 0.272 e. The zero-order valence-electron chi connectivity index (χ0n) is 7.61. The second-order valence-corrected chi connectivity index (χ2v) is 5.95. The molecule has 0 N–H and O–H groups in total. The Balaban J connectivity index is 2.14. The van der Waals surface area contributed by atoms with Gasteiger partial charge in [0, 0.05) is 21.9 Å². The third-order valence-electron chi connectivity index (χ3n) is 4.00. The van der Waals surface area contributed by atoms with Crippen molar-refractivity contribution in [2.45, 2.75) is 40.3 Å². The Kier molecular flexibility index (Phi) is 1.88. The summed E-state index contributed by atoms with van der Waals surface area (Å²) in [5.41, 5.74) is -3.57. The second kappa shape index (κ2) is 2.65. The van der Waals surface area contributed by atoms with Crippen molar-refractivity contribution in [1.82, 2.24) is 4.90 Å². The summed E-state index contributed by atoms with van der Waals surface area (Å²) < 4.78 is 76.7. The van der Waals surface area contributed by atoms with Crippen molar-refractivity contribution in [3.8, 4) is 0 Å². The normalized spacial score (nSPS) is 48.6. The highest BCUT2D eigenvalue weighted by molar-refractivity contribution is 14.1. The van der Waals surface area contributed by atoms with Gasteiger partial charge in [-0.15, -0.1) is 0 Å². The van der Waals surface area contributed by atoms with Crippen LogP contribution in [0.1, 0.15) is 6.42 Å². The zero-order chi connectivity index (χ0) is 12.1. The van der Waals surface area contributed by atoms with Crippen molar-refractivity contribution in [3.63, 3.8) is 0 Å². The molecule has 1 saturated carbocycles. The molecule has 3 saturated heterocycles. The van der Waals surface area contributed by atoms with Crippen molar-refractivity contribution in [1.29, 1.82) is 0 Å². The van der Waals surface area contributed by atoms with E-state index < -0.39 is 39.8 Å². The fourth-order valence-corrected chi connectivity index (χ4v) is 5.15. The van der Waals surface area contributed by atoms with Gasteiger partial charge in [-0.2, -0.15) is 26.3 Å². The maximum Gasteiger partial charge on any atom is 0.416 e. The second-order valence-electron chi connectivity index (χ2n) is 4.51. The molecule has 0 aromatic rings. The molecule has 8 heteroatoms. The minimum absolute atomic E-state index is 0.0251. The molecule has 0 aromatic heterocycles. The van der Waals surface area contributed by atoms with E-state index in [9.17, 15) is 26.3 Å². The molecule has 3 aliphatic heterocycles. The fourth-order valence-electron chi connectivity index (χ4n) is 3.51. The summed E-state index contributed by atoms with van der Waals surface area (Å²) in [7, 11) is 0. The molecular weight excluding hydrogens is 351 g/mol. The third kappa shape index (κ3) is 0.920. The quantitative estimate of drug-likeness (QED) is 0.279. The third-order valence-corrected chi connectivity index (χ3v) is 5.60. The molecule has 3 heterocycles. The summed E-state index contributed by atoms with van der Waals surface area (Å²) in [5.74, 6) is -1.33. The number of nitrogens with zero attached hydrogens (tertiary/aromatic N) is 1. The topological polar surface area (TPSA) is 3.01 Å². The number of hydrogen-bond donors (Lipinski definition) is 0. The summed E-state index contributed by atoms with van der Waals surface area (Å²) in [6, 6.07) is -1.02. The van der Waals surface area contributed by atoms with Crippen LogP contribution in [-0.2, 0) is 0 Å². The first-order chi connectivity index (χ1) is 7.14. The predicted molar refractivity (Wildman–Crippen MR) is 50.2 cm³/mol. The molecule has 0 amide bonds. The molecule has 0 aromatic carbocycles. The Labute approximate surface area is 100 Å². The van der Waals surface area contributed by atoms with E-state index in [0.717, 1.165) is 0 Å². The minimum atomic E-state index is -5.24. The lowest BCUT2D eigenvalue weighted by Crippen LogP contribution is -2.63. The van der Waals surface area contributed by atoms with Crippen molar-refractivity contribution in [3.05, 3.63) is 0 Å². The van der Waals surface area contributed by atoms with Crippen LogP contribution in [0.3, 0.4) is 0 Å². The van der Waals surface area contributed by atoms with E-state index in [4.69, 9.17) is 0 Å². The molecule has 4 fully saturated rings. The highest BCUT2D eigenvalue weighted by Gasteiger charge is 2.92. The van der Waals surface area contributed by atoms with E-state index >= 15 is 0 Å². The Hall–Kier alpha value is 0.270. The fraction of sp³-hybridized carbons (Fsp3) is 1.00. The molecule has 4 aliphatic rings. The van der Waals surface area contributed by atoms with Crippen molar-refractivity contribution < 1.29 is 26.3 Å². The van der Waals surface area contributed by atoms with Gasteiger partial charge in [0.15, 0.2) is 0 Å². The molecule has 5 unspecified atom stereocenters. The Morgan fingerprint density at radius 3 is 1.69 bits per heavy atom. The van der Waals surface area contributed by atoms with E-state index in [1.54, 1.807) is 22.6 Å². The molecule has 92 valence electrons. The van der Waals surface area contributed by atoms with Gasteiger partial charge < -0.3 is 0 Å². The van der Waals surface area contributed by atoms with Crippen LogP contribution in [0.15, 0.2) is 0 Å². The van der Waals surface area contributed by atoms with E-state index in [0.29, 0.717) is 4.90 Å². The standard InChI is InChI=1S/C8H6F6IN/c9-7(10,11)6(8(12,13)14)2-1-3-5(4(2)15)16(3)6/h2-5H,1H2. The van der Waals surface area contributed by atoms with Crippen molar-refractivity contribution in [2.24, 2.45) is 5.92 Å². The van der Waals surface area contributed by atoms with E-state index in [-0.39, 0.29) is 6.42 Å². The SMILES string of the molecule is FC(F)(F)C1(C(F)(F)F)C2CC3C(C2I)N31. The van der Waals surface area contributed by atoms with E-state index in [1.165, 1.54) is 0 Å². The van der Waals surface area contributed by atoms with Crippen molar-refractivity contribution in [2.75, 3.05) is 0 Å². The van der Waals surface area contributed by atoms with Gasteiger partial charge >= 0.3 is 12.4 Å². The van der Waals surface area contributed by atoms with Gasteiger partial charge in [0.25, 0.3) is 0 Å². The van der Waals surface area contributed by atoms with Gasteiger partial charge in [-0.1, -0.05) is 22.6 Å². The average Bonchev–Trinajstić information content (AvgIpc) is 2.43. The molecule has 4 rings (SSSR count). The van der Waals surface area contributed by atoms with Crippen LogP contribution < -0.4 is 0 Å². The maximum absolute atomic E-state index is 12.9. The van der Waals surface area contributed by atoms with Gasteiger partial charge in [-0.25, -0.2) is 0 Å². The summed E-state index contributed by atoms with van der Waals surface area (Å²) in [6.07, 6.45) is -10.4. The minimum Gasteiger partial charge on any atom is -0.272 e. The van der Waals surface area contributed by atoms with Gasteiger partial charge in [-0.3, -0.25) is 4.90 Å². The van der Waals surface area contributed by atoms with Crippen LogP contribution in [0.5, 0.6) is 0 Å². The molecule has 1 aliphatic carbocycles. The summed E-state index contributed by atoms with van der Waals surface area (Å²) in [4.78, 5) is 0.634. The number of piperidine rings is 3. The lowest BCUT2D eigenvalue weighted by atomic mass is 9.85. The lowest BCUT2D eigenvalue weighted by Gasteiger charge is -2.37. The Morgan fingerprint density at radius 2 is 1.56 bits per heavy atom.